The Balaban J connectivity index is 0.00000210. The predicted molar refractivity (Wildman–Crippen MR) is 105 cm³/mol. The number of rotatable bonds is 9. The van der Waals surface area contributed by atoms with Crippen molar-refractivity contribution in [2.45, 2.75) is 24.8 Å². The largest absolute Gasteiger partial charge is 1.00 e. The van der Waals surface area contributed by atoms with Crippen LogP contribution in [0.3, 0.4) is 0 Å². The Kier molecular flexibility index (Phi) is 8.91. The van der Waals surface area contributed by atoms with Gasteiger partial charge in [0.2, 0.25) is 0 Å². The molecule has 0 saturated carbocycles. The van der Waals surface area contributed by atoms with E-state index in [2.05, 4.69) is 15.0 Å². The van der Waals surface area contributed by atoms with Gasteiger partial charge in [-0.3, -0.25) is 9.19 Å². The second-order valence-corrected chi connectivity index (χ2v) is 7.21. The third-order valence-electron chi connectivity index (χ3n) is 4.10. The standard InChI is InChI=1S/C19H23N3O4S.Na.H/c1-4-25-9-10-26-18-7-8-20-17(13(18)2)12-27(23)19-21-15-6-5-14(24-3)11-16(15)22-19;;/h5-8,11H,4,9-10,12H2,1-3H3,(H,21,22);;/q;+1;-1. The molecule has 0 spiro atoms. The Labute approximate surface area is 190 Å². The van der Waals surface area contributed by atoms with E-state index in [1.165, 1.54) is 0 Å². The summed E-state index contributed by atoms with van der Waals surface area (Å²) in [6.45, 7) is 5.51. The van der Waals surface area contributed by atoms with Crippen LogP contribution in [0.15, 0.2) is 35.6 Å². The van der Waals surface area contributed by atoms with Crippen molar-refractivity contribution in [1.82, 2.24) is 15.0 Å². The third-order valence-corrected chi connectivity index (χ3v) is 5.26. The van der Waals surface area contributed by atoms with Crippen LogP contribution in [0, 0.1) is 6.92 Å². The summed E-state index contributed by atoms with van der Waals surface area (Å²) >= 11 is 0. The van der Waals surface area contributed by atoms with Crippen molar-refractivity contribution in [3.8, 4) is 11.5 Å². The number of methoxy groups -OCH3 is 1. The number of nitrogens with zero attached hydrogens (tertiary/aromatic N) is 2. The molecule has 0 aliphatic heterocycles. The summed E-state index contributed by atoms with van der Waals surface area (Å²) in [5.74, 6) is 1.70. The van der Waals surface area contributed by atoms with Gasteiger partial charge in [0.05, 0.1) is 47.0 Å². The Morgan fingerprint density at radius 3 is 2.82 bits per heavy atom. The van der Waals surface area contributed by atoms with E-state index in [1.807, 2.05) is 32.0 Å². The van der Waals surface area contributed by atoms with Crippen LogP contribution >= 0.6 is 0 Å². The zero-order chi connectivity index (χ0) is 19.2. The molecule has 1 atom stereocenters. The van der Waals surface area contributed by atoms with E-state index in [4.69, 9.17) is 14.2 Å². The van der Waals surface area contributed by atoms with E-state index in [1.54, 1.807) is 19.4 Å². The monoisotopic (exact) mass is 413 g/mol. The van der Waals surface area contributed by atoms with Crippen molar-refractivity contribution in [1.29, 1.82) is 0 Å². The van der Waals surface area contributed by atoms with Crippen LogP contribution in [-0.4, -0.2) is 46.1 Å². The number of imidazole rings is 1. The van der Waals surface area contributed by atoms with Gasteiger partial charge in [-0.1, -0.05) is 0 Å². The summed E-state index contributed by atoms with van der Waals surface area (Å²) in [6, 6.07) is 7.30. The van der Waals surface area contributed by atoms with Gasteiger partial charge in [0, 0.05) is 24.4 Å². The fourth-order valence-corrected chi connectivity index (χ4v) is 3.71. The molecule has 0 bridgehead atoms. The Bertz CT molecular complexity index is 954. The van der Waals surface area contributed by atoms with Crippen molar-refractivity contribution >= 4 is 21.8 Å². The molecule has 0 radical (unpaired) electrons. The van der Waals surface area contributed by atoms with E-state index in [9.17, 15) is 4.21 Å². The Hall–Kier alpha value is -1.45. The number of aromatic amines is 1. The predicted octanol–water partition coefficient (Wildman–Crippen LogP) is 0.115. The molecule has 7 nitrogen and oxygen atoms in total. The van der Waals surface area contributed by atoms with E-state index in [-0.39, 0.29) is 36.7 Å². The first-order chi connectivity index (χ1) is 13.1. The van der Waals surface area contributed by atoms with Gasteiger partial charge in [0.25, 0.3) is 0 Å². The molecule has 0 saturated heterocycles. The minimum absolute atomic E-state index is 0. The average molecular weight is 413 g/mol. The van der Waals surface area contributed by atoms with Gasteiger partial charge in [-0.05, 0) is 32.0 Å². The maximum absolute atomic E-state index is 12.8. The van der Waals surface area contributed by atoms with Crippen LogP contribution in [0.4, 0.5) is 0 Å². The zero-order valence-electron chi connectivity index (χ0n) is 17.7. The number of hydrogen-bond acceptors (Lipinski definition) is 6. The first kappa shape index (κ1) is 22.8. The Morgan fingerprint density at radius 2 is 2.07 bits per heavy atom. The van der Waals surface area contributed by atoms with E-state index < -0.39 is 10.8 Å². The molecule has 3 rings (SSSR count). The van der Waals surface area contributed by atoms with Gasteiger partial charge in [-0.2, -0.15) is 0 Å². The van der Waals surface area contributed by atoms with Crippen LogP contribution in [0.2, 0.25) is 0 Å². The Morgan fingerprint density at radius 1 is 1.25 bits per heavy atom. The molecule has 146 valence electrons. The van der Waals surface area contributed by atoms with Crippen molar-refractivity contribution in [3.63, 3.8) is 0 Å². The second kappa shape index (κ2) is 10.9. The fourth-order valence-electron chi connectivity index (χ4n) is 2.61. The molecule has 3 aromatic rings. The first-order valence-corrected chi connectivity index (χ1v) is 10.0. The normalized spacial score (nSPS) is 11.8. The maximum Gasteiger partial charge on any atom is 1.00 e. The smallest absolute Gasteiger partial charge is 1.00 e. The summed E-state index contributed by atoms with van der Waals surface area (Å²) in [5.41, 5.74) is 3.13. The number of H-pyrrole nitrogens is 1. The van der Waals surface area contributed by atoms with Gasteiger partial charge in [0.1, 0.15) is 18.1 Å². The molecule has 0 aliphatic carbocycles. The van der Waals surface area contributed by atoms with Gasteiger partial charge < -0.3 is 20.6 Å². The third kappa shape index (κ3) is 5.55. The molecule has 28 heavy (non-hydrogen) atoms. The van der Waals surface area contributed by atoms with Gasteiger partial charge in [-0.15, -0.1) is 0 Å². The van der Waals surface area contributed by atoms with Crippen molar-refractivity contribution in [2.24, 2.45) is 0 Å². The number of nitrogens with one attached hydrogen (secondary N) is 1. The second-order valence-electron chi connectivity index (χ2n) is 5.84. The van der Waals surface area contributed by atoms with E-state index >= 15 is 0 Å². The van der Waals surface area contributed by atoms with Gasteiger partial charge in [-0.25, -0.2) is 4.98 Å². The van der Waals surface area contributed by atoms with Gasteiger partial charge in [0.15, 0.2) is 5.16 Å². The van der Waals surface area contributed by atoms with E-state index in [0.29, 0.717) is 25.0 Å². The summed E-state index contributed by atoms with van der Waals surface area (Å²) in [5, 5.41) is 0.419. The summed E-state index contributed by atoms with van der Waals surface area (Å²) in [6.07, 6.45) is 1.67. The average Bonchev–Trinajstić information content (AvgIpc) is 3.11. The quantitative estimate of drug-likeness (QED) is 0.396. The summed E-state index contributed by atoms with van der Waals surface area (Å²) in [4.78, 5) is 11.9. The molecule has 2 aromatic heterocycles. The van der Waals surface area contributed by atoms with Crippen LogP contribution in [0.25, 0.3) is 11.0 Å². The molecule has 1 N–H and O–H groups in total. The van der Waals surface area contributed by atoms with Crippen molar-refractivity contribution in [3.05, 3.63) is 41.7 Å². The number of benzene rings is 1. The molecule has 0 fully saturated rings. The molecular weight excluding hydrogens is 389 g/mol. The number of pyridine rings is 1. The molecule has 9 heteroatoms. The topological polar surface area (TPSA) is 86.3 Å². The molecule has 0 amide bonds. The number of hydrogen-bond donors (Lipinski definition) is 1. The molecular formula is C19H24N3NaO4S. The van der Waals surface area contributed by atoms with Crippen molar-refractivity contribution in [2.75, 3.05) is 26.9 Å². The van der Waals surface area contributed by atoms with Crippen LogP contribution in [0.1, 0.15) is 19.6 Å². The number of ether oxygens (including phenoxy) is 3. The summed E-state index contributed by atoms with van der Waals surface area (Å²) < 4.78 is 29.0. The molecule has 0 aliphatic rings. The van der Waals surface area contributed by atoms with Crippen LogP contribution in [0.5, 0.6) is 11.5 Å². The van der Waals surface area contributed by atoms with Crippen molar-refractivity contribution < 1.29 is 49.4 Å². The number of fused-ring (bicyclic) bond motifs is 1. The minimum Gasteiger partial charge on any atom is -1.00 e. The minimum atomic E-state index is -1.35. The molecule has 2 heterocycles. The number of aromatic nitrogens is 3. The maximum atomic E-state index is 12.8. The molecule has 1 aromatic carbocycles. The van der Waals surface area contributed by atoms with E-state index in [0.717, 1.165) is 33.8 Å². The van der Waals surface area contributed by atoms with Crippen LogP contribution < -0.4 is 39.0 Å². The van der Waals surface area contributed by atoms with Gasteiger partial charge >= 0.3 is 29.6 Å². The molecule has 1 unspecified atom stereocenters. The van der Waals surface area contributed by atoms with Crippen LogP contribution in [-0.2, 0) is 21.3 Å². The first-order valence-electron chi connectivity index (χ1n) is 8.69. The summed E-state index contributed by atoms with van der Waals surface area (Å²) in [7, 11) is 0.253. The fraction of sp³-hybridized carbons (Fsp3) is 0.368. The zero-order valence-corrected chi connectivity index (χ0v) is 19.5. The SMILES string of the molecule is CCOCCOc1ccnc(CS(=O)c2nc3ccc(OC)cc3[nH]2)c1C.[H-].[Na+].